The molecule has 2 aromatic heterocycles. The number of ether oxygens (including phenoxy) is 1. The maximum absolute atomic E-state index is 13.5. The quantitative estimate of drug-likeness (QED) is 0.0687. The van der Waals surface area contributed by atoms with Gasteiger partial charge in [0.2, 0.25) is 11.8 Å². The van der Waals surface area contributed by atoms with Crippen LogP contribution >= 0.6 is 0 Å². The van der Waals surface area contributed by atoms with Gasteiger partial charge in [0.1, 0.15) is 6.10 Å². The molecule has 5 aromatic rings. The standard InChI is InChI=1S/C29H34N6O4.C24H33N7O3/c1-7-24(36)30-21-15-13-20(14-16-21)27(37)31-26-22-17-35(29(2,3)25(22)34(6)32-26)28(38)39-23(18-33(4)5)19-11-9-8-10-12-19;1-8-19(32)26-17-11-9-16(10-12-17)22(33)27-21-18-14-31(23(34)25-15(2)13-29(5)6)24(3,4)20(18)30(7)28-21/h7-16,23H,1,17-18H2,2-6H3,(H,30,36)(H,31,32,37);8-12,15H,1,13-14H2,2-7H3,(H,25,34)(H,26,32)(H,27,28,33)/t23-;/m1./s1. The molecule has 1 unspecified atom stereocenters. The Labute approximate surface area is 426 Å². The molecule has 2 atom stereocenters. The average molecular weight is 998 g/mol. The molecule has 0 saturated heterocycles. The molecule has 3 aromatic carbocycles. The molecule has 2 aliphatic heterocycles. The van der Waals surface area contributed by atoms with Crippen molar-refractivity contribution in [2.45, 2.75) is 70.9 Å². The predicted octanol–water partition coefficient (Wildman–Crippen LogP) is 6.79. The average Bonchev–Trinajstić information content (AvgIpc) is 4.02. The first-order chi connectivity index (χ1) is 34.4. The number of likely N-dealkylation sites (N-methyl/N-ethyl adjacent to an activating group) is 2. The number of urea groups is 1. The van der Waals surface area contributed by atoms with Crippen LogP contribution in [0.25, 0.3) is 0 Å². The van der Waals surface area contributed by atoms with E-state index in [-0.39, 0.29) is 42.2 Å². The summed E-state index contributed by atoms with van der Waals surface area (Å²) in [6.07, 6.45) is 1.47. The van der Waals surface area contributed by atoms with E-state index in [1.165, 1.54) is 12.2 Å². The molecule has 73 heavy (non-hydrogen) atoms. The molecule has 0 saturated carbocycles. The van der Waals surface area contributed by atoms with Gasteiger partial charge in [-0.3, -0.25) is 33.4 Å². The highest BCUT2D eigenvalue weighted by atomic mass is 16.6. The third-order valence-corrected chi connectivity index (χ3v) is 12.5. The molecule has 2 aliphatic rings. The number of hydrogen-bond acceptors (Lipinski definition) is 11. The van der Waals surface area contributed by atoms with Crippen molar-refractivity contribution in [3.8, 4) is 0 Å². The number of rotatable bonds is 15. The van der Waals surface area contributed by atoms with E-state index >= 15 is 0 Å². The monoisotopic (exact) mass is 998 g/mol. The summed E-state index contributed by atoms with van der Waals surface area (Å²) < 4.78 is 9.45. The largest absolute Gasteiger partial charge is 0.440 e. The zero-order valence-electron chi connectivity index (χ0n) is 43.5. The number of carbonyl (C=O) groups is 6. The normalized spacial score (nSPS) is 14.7. The van der Waals surface area contributed by atoms with Crippen molar-refractivity contribution in [1.29, 1.82) is 0 Å². The molecule has 0 spiro atoms. The number of aryl methyl sites for hydroxylation is 2. The number of amides is 7. The fourth-order valence-corrected chi connectivity index (χ4v) is 9.19. The van der Waals surface area contributed by atoms with Crippen molar-refractivity contribution in [1.82, 2.24) is 44.5 Å². The highest BCUT2D eigenvalue weighted by Gasteiger charge is 2.47. The first kappa shape index (κ1) is 54.2. The van der Waals surface area contributed by atoms with Crippen LogP contribution in [0.2, 0.25) is 0 Å². The van der Waals surface area contributed by atoms with E-state index in [1.54, 1.807) is 74.7 Å². The Hall–Kier alpha value is -8.10. The van der Waals surface area contributed by atoms with Gasteiger partial charge in [0.15, 0.2) is 11.6 Å². The lowest BCUT2D eigenvalue weighted by atomic mass is 10.0. The number of carbonyl (C=O) groups excluding carboxylic acids is 6. The van der Waals surface area contributed by atoms with Crippen molar-refractivity contribution in [3.63, 3.8) is 0 Å². The lowest BCUT2D eigenvalue weighted by Gasteiger charge is -2.34. The summed E-state index contributed by atoms with van der Waals surface area (Å²) in [6.45, 7) is 18.5. The number of anilines is 4. The maximum Gasteiger partial charge on any atom is 0.411 e. The van der Waals surface area contributed by atoms with Crippen molar-refractivity contribution in [2.24, 2.45) is 14.1 Å². The Balaban J connectivity index is 0.000000241. The zero-order valence-corrected chi connectivity index (χ0v) is 43.5. The second-order valence-corrected chi connectivity index (χ2v) is 19.5. The van der Waals surface area contributed by atoms with Gasteiger partial charge in [-0.1, -0.05) is 43.5 Å². The Morgan fingerprint density at radius 3 is 1.49 bits per heavy atom. The Kier molecular flexibility index (Phi) is 16.7. The van der Waals surface area contributed by atoms with Crippen molar-refractivity contribution in [2.75, 3.05) is 62.5 Å². The maximum atomic E-state index is 13.5. The van der Waals surface area contributed by atoms with Gasteiger partial charge in [-0.05, 0) is 129 Å². The third kappa shape index (κ3) is 12.5. The van der Waals surface area contributed by atoms with E-state index in [0.717, 1.165) is 34.6 Å². The fourth-order valence-electron chi connectivity index (χ4n) is 9.19. The second kappa shape index (κ2) is 22.5. The van der Waals surface area contributed by atoms with E-state index in [9.17, 15) is 28.8 Å². The molecule has 20 heteroatoms. The van der Waals surface area contributed by atoms with E-state index in [1.807, 2.05) is 110 Å². The summed E-state index contributed by atoms with van der Waals surface area (Å²) in [5, 5.41) is 23.1. The van der Waals surface area contributed by atoms with Crippen LogP contribution in [0.3, 0.4) is 0 Å². The minimum absolute atomic E-state index is 0.0152. The first-order valence-electron chi connectivity index (χ1n) is 23.7. The van der Waals surface area contributed by atoms with Crippen LogP contribution in [-0.4, -0.2) is 122 Å². The van der Waals surface area contributed by atoms with Crippen LogP contribution in [0.1, 0.15) is 89.5 Å². The minimum atomic E-state index is -0.721. The minimum Gasteiger partial charge on any atom is -0.440 e. The summed E-state index contributed by atoms with van der Waals surface area (Å²) in [6, 6.07) is 22.5. The van der Waals surface area contributed by atoms with Crippen LogP contribution in [0.4, 0.5) is 32.6 Å². The second-order valence-electron chi connectivity index (χ2n) is 19.5. The molecular weight excluding hydrogens is 931 g/mol. The molecule has 0 aliphatic carbocycles. The van der Waals surface area contributed by atoms with Crippen molar-refractivity contribution in [3.05, 3.63) is 143 Å². The fraction of sp³-hybridized carbons (Fsp3) is 0.358. The van der Waals surface area contributed by atoms with Crippen molar-refractivity contribution < 1.29 is 33.5 Å². The molecular formula is C53H67N13O7. The van der Waals surface area contributed by atoms with Gasteiger partial charge < -0.3 is 46.0 Å². The SMILES string of the molecule is C=CC(=O)Nc1ccc(C(=O)Nc2nn(C)c3c2CN(C(=O)NC(C)CN(C)C)C3(C)C)cc1.C=CC(=O)Nc1ccc(C(=O)Nc2nn(C)c3c2CN(C(=O)O[C@H](CN(C)C)c2ccccc2)C3(C)C)cc1. The van der Waals surface area contributed by atoms with E-state index in [2.05, 4.69) is 49.9 Å². The van der Waals surface area contributed by atoms with Gasteiger partial charge >= 0.3 is 12.1 Å². The smallest absolute Gasteiger partial charge is 0.411 e. The zero-order chi connectivity index (χ0) is 53.5. The molecule has 7 amide bonds. The summed E-state index contributed by atoms with van der Waals surface area (Å²) in [4.78, 5) is 82.8. The molecule has 20 nitrogen and oxygen atoms in total. The number of aromatic nitrogens is 4. The third-order valence-electron chi connectivity index (χ3n) is 12.5. The summed E-state index contributed by atoms with van der Waals surface area (Å²) in [5.74, 6) is -0.532. The molecule has 5 N–H and O–H groups in total. The Bertz CT molecular complexity index is 2870. The van der Waals surface area contributed by atoms with Crippen LogP contribution in [0.5, 0.6) is 0 Å². The van der Waals surface area contributed by atoms with Gasteiger partial charge in [0, 0.05) is 66.9 Å². The topological polar surface area (TPSA) is 220 Å². The van der Waals surface area contributed by atoms with Gasteiger partial charge in [-0.15, -0.1) is 0 Å². The van der Waals surface area contributed by atoms with Crippen LogP contribution in [0, 0.1) is 0 Å². The van der Waals surface area contributed by atoms with Crippen LogP contribution in [0.15, 0.2) is 104 Å². The van der Waals surface area contributed by atoms with Gasteiger partial charge in [-0.25, -0.2) is 9.59 Å². The summed E-state index contributed by atoms with van der Waals surface area (Å²) in [5.41, 5.74) is 4.78. The number of nitrogens with zero attached hydrogens (tertiary/aromatic N) is 8. The number of hydrogen-bond donors (Lipinski definition) is 5. The molecule has 0 bridgehead atoms. The molecule has 0 radical (unpaired) electrons. The van der Waals surface area contributed by atoms with Gasteiger partial charge in [-0.2, -0.15) is 10.2 Å². The van der Waals surface area contributed by atoms with Crippen LogP contribution in [-0.2, 0) is 52.6 Å². The molecule has 0 fully saturated rings. The number of fused-ring (bicyclic) bond motifs is 2. The van der Waals surface area contributed by atoms with E-state index in [4.69, 9.17) is 4.74 Å². The predicted molar refractivity (Wildman–Crippen MR) is 281 cm³/mol. The van der Waals surface area contributed by atoms with Crippen molar-refractivity contribution >= 4 is 58.8 Å². The highest BCUT2D eigenvalue weighted by molar-refractivity contribution is 6.06. The summed E-state index contributed by atoms with van der Waals surface area (Å²) >= 11 is 0. The summed E-state index contributed by atoms with van der Waals surface area (Å²) in [7, 11) is 11.4. The van der Waals surface area contributed by atoms with Crippen LogP contribution < -0.4 is 26.6 Å². The Morgan fingerprint density at radius 2 is 1.07 bits per heavy atom. The molecule has 386 valence electrons. The number of nitrogens with one attached hydrogen (secondary N) is 5. The van der Waals surface area contributed by atoms with Gasteiger partial charge in [0.05, 0.1) is 35.6 Å². The van der Waals surface area contributed by atoms with E-state index < -0.39 is 23.3 Å². The highest BCUT2D eigenvalue weighted by Crippen LogP contribution is 2.44. The lowest BCUT2D eigenvalue weighted by molar-refractivity contribution is -0.112. The number of benzene rings is 3. The lowest BCUT2D eigenvalue weighted by Crippen LogP contribution is -2.50. The van der Waals surface area contributed by atoms with Gasteiger partial charge in [0.25, 0.3) is 11.8 Å². The first-order valence-corrected chi connectivity index (χ1v) is 23.7. The van der Waals surface area contributed by atoms with E-state index in [0.29, 0.717) is 47.2 Å². The molecule has 7 rings (SSSR count). The molecule has 4 heterocycles. The Morgan fingerprint density at radius 1 is 0.644 bits per heavy atom.